The number of fused-ring (bicyclic) bond motifs is 1. The third-order valence-corrected chi connectivity index (χ3v) is 7.24. The van der Waals surface area contributed by atoms with Gasteiger partial charge in [0.15, 0.2) is 0 Å². The van der Waals surface area contributed by atoms with Crippen molar-refractivity contribution in [3.8, 4) is 0 Å². The van der Waals surface area contributed by atoms with Crippen LogP contribution in [0.1, 0.15) is 26.3 Å². The molecule has 9 nitrogen and oxygen atoms in total. The summed E-state index contributed by atoms with van der Waals surface area (Å²) in [5, 5.41) is 5.32. The summed E-state index contributed by atoms with van der Waals surface area (Å²) >= 11 is 1.37. The molecule has 0 radical (unpaired) electrons. The zero-order valence-electron chi connectivity index (χ0n) is 19.8. The normalized spacial score (nSPS) is 12.1. The molecule has 11 heteroatoms. The molecule has 2 amide bonds. The van der Waals surface area contributed by atoms with Gasteiger partial charge in [-0.05, 0) is 68.8 Å². The first-order chi connectivity index (χ1) is 17.0. The second-order valence-corrected chi connectivity index (χ2v) is 11.5. The highest BCUT2D eigenvalue weighted by atomic mass is 32.2. The van der Waals surface area contributed by atoms with Crippen molar-refractivity contribution in [2.45, 2.75) is 31.3 Å². The van der Waals surface area contributed by atoms with Gasteiger partial charge in [-0.1, -0.05) is 12.1 Å². The number of thiazole rings is 1. The first kappa shape index (κ1) is 25.1. The Balaban J connectivity index is 1.44. The minimum absolute atomic E-state index is 0.150. The van der Waals surface area contributed by atoms with Crippen LogP contribution in [-0.2, 0) is 19.6 Å². The van der Waals surface area contributed by atoms with Gasteiger partial charge in [0.25, 0.3) is 10.0 Å². The quantitative estimate of drug-likeness (QED) is 0.329. The maximum Gasteiger partial charge on any atom is 0.412 e. The number of hydrogen-bond acceptors (Lipinski definition) is 7. The second-order valence-electron chi connectivity index (χ2n) is 8.76. The number of ether oxygens (including phenoxy) is 1. The van der Waals surface area contributed by atoms with Crippen LogP contribution in [0.25, 0.3) is 16.3 Å². The molecule has 0 spiro atoms. The predicted octanol–water partition coefficient (Wildman–Crippen LogP) is 5.33. The summed E-state index contributed by atoms with van der Waals surface area (Å²) in [5.74, 6) is -0.459. The Morgan fingerprint density at radius 1 is 1.06 bits per heavy atom. The Morgan fingerprint density at radius 3 is 2.50 bits per heavy atom. The molecule has 0 aliphatic carbocycles. The Hall–Kier alpha value is -3.96. The lowest BCUT2D eigenvalue weighted by Crippen LogP contribution is -2.27. The third-order valence-electron chi connectivity index (χ3n) is 4.82. The van der Waals surface area contributed by atoms with Crippen LogP contribution in [0.5, 0.6) is 0 Å². The highest BCUT2D eigenvalue weighted by Crippen LogP contribution is 2.24. The van der Waals surface area contributed by atoms with Crippen molar-refractivity contribution >= 4 is 61.0 Å². The molecule has 36 heavy (non-hydrogen) atoms. The summed E-state index contributed by atoms with van der Waals surface area (Å²) in [4.78, 5) is 28.9. The fourth-order valence-electron chi connectivity index (χ4n) is 3.22. The van der Waals surface area contributed by atoms with Crippen LogP contribution in [0, 0.1) is 0 Å². The topological polar surface area (TPSA) is 119 Å². The average Bonchev–Trinajstić information content (AvgIpc) is 3.47. The van der Waals surface area contributed by atoms with Crippen molar-refractivity contribution < 1.29 is 22.7 Å². The van der Waals surface area contributed by atoms with Crippen molar-refractivity contribution in [2.75, 3.05) is 10.6 Å². The van der Waals surface area contributed by atoms with Gasteiger partial charge in [0, 0.05) is 18.5 Å². The summed E-state index contributed by atoms with van der Waals surface area (Å²) in [6.07, 6.45) is 4.98. The summed E-state index contributed by atoms with van der Waals surface area (Å²) in [7, 11) is -3.80. The fourth-order valence-corrected chi connectivity index (χ4v) is 5.24. The van der Waals surface area contributed by atoms with Gasteiger partial charge >= 0.3 is 6.09 Å². The predicted molar refractivity (Wildman–Crippen MR) is 141 cm³/mol. The van der Waals surface area contributed by atoms with E-state index in [2.05, 4.69) is 15.6 Å². The van der Waals surface area contributed by atoms with Gasteiger partial charge in [-0.15, -0.1) is 11.3 Å². The molecule has 0 saturated carbocycles. The first-order valence-corrected chi connectivity index (χ1v) is 13.2. The third kappa shape index (κ3) is 5.99. The number of amides is 2. The SMILES string of the molecule is CC(C)(C)OC(=O)Nc1ccccc1NC(=O)C=Cc1ccn(S(=O)(=O)c2ccc3ncsc3c2)c1. The fraction of sp³-hybridized carbons (Fsp3) is 0.160. The Bertz CT molecular complexity index is 1560. The van der Waals surface area contributed by atoms with Gasteiger partial charge in [0.2, 0.25) is 5.91 Å². The monoisotopic (exact) mass is 524 g/mol. The van der Waals surface area contributed by atoms with Crippen molar-refractivity contribution in [2.24, 2.45) is 0 Å². The number of nitrogens with zero attached hydrogens (tertiary/aromatic N) is 2. The molecule has 0 fully saturated rings. The van der Waals surface area contributed by atoms with Gasteiger partial charge in [-0.3, -0.25) is 10.1 Å². The van der Waals surface area contributed by atoms with Crippen molar-refractivity contribution in [1.82, 2.24) is 8.96 Å². The zero-order valence-corrected chi connectivity index (χ0v) is 21.4. The molecular weight excluding hydrogens is 500 g/mol. The smallest absolute Gasteiger partial charge is 0.412 e. The lowest BCUT2D eigenvalue weighted by Gasteiger charge is -2.20. The van der Waals surface area contributed by atoms with E-state index in [1.807, 2.05) is 0 Å². The van der Waals surface area contributed by atoms with Crippen molar-refractivity contribution in [3.05, 3.63) is 78.1 Å². The molecule has 2 heterocycles. The number of carbonyl (C=O) groups excluding carboxylic acids is 2. The summed E-state index contributed by atoms with van der Waals surface area (Å²) in [5.41, 5.74) is 3.02. The highest BCUT2D eigenvalue weighted by Gasteiger charge is 2.19. The largest absolute Gasteiger partial charge is 0.444 e. The molecule has 4 aromatic rings. The molecule has 2 aromatic heterocycles. The van der Waals surface area contributed by atoms with E-state index in [0.717, 1.165) is 14.2 Å². The molecule has 0 aliphatic heterocycles. The van der Waals surface area contributed by atoms with Gasteiger partial charge in [0.05, 0.1) is 32.0 Å². The molecule has 0 saturated heterocycles. The van der Waals surface area contributed by atoms with E-state index in [4.69, 9.17) is 4.74 Å². The van der Waals surface area contributed by atoms with E-state index in [1.165, 1.54) is 41.9 Å². The van der Waals surface area contributed by atoms with Crippen LogP contribution in [-0.4, -0.2) is 35.0 Å². The van der Waals surface area contributed by atoms with Gasteiger partial charge < -0.3 is 10.1 Å². The zero-order chi connectivity index (χ0) is 25.9. The van der Waals surface area contributed by atoms with Gasteiger partial charge in [0.1, 0.15) is 5.60 Å². The molecule has 186 valence electrons. The highest BCUT2D eigenvalue weighted by molar-refractivity contribution is 7.90. The number of benzene rings is 2. The number of hydrogen-bond donors (Lipinski definition) is 2. The van der Waals surface area contributed by atoms with Crippen LogP contribution in [0.2, 0.25) is 0 Å². The van der Waals surface area contributed by atoms with E-state index in [1.54, 1.807) is 68.7 Å². The van der Waals surface area contributed by atoms with Gasteiger partial charge in [-0.25, -0.2) is 22.2 Å². The van der Waals surface area contributed by atoms with Gasteiger partial charge in [-0.2, -0.15) is 0 Å². The van der Waals surface area contributed by atoms with Crippen molar-refractivity contribution in [3.63, 3.8) is 0 Å². The Kier molecular flexibility index (Phi) is 6.95. The van der Waals surface area contributed by atoms with Crippen LogP contribution in [0.4, 0.5) is 16.2 Å². The number of anilines is 2. The molecule has 0 bridgehead atoms. The minimum Gasteiger partial charge on any atom is -0.444 e. The van der Waals surface area contributed by atoms with E-state index >= 15 is 0 Å². The lowest BCUT2D eigenvalue weighted by molar-refractivity contribution is -0.111. The number of nitrogens with one attached hydrogen (secondary N) is 2. The van der Waals surface area contributed by atoms with Crippen molar-refractivity contribution in [1.29, 1.82) is 0 Å². The molecule has 4 rings (SSSR count). The second kappa shape index (κ2) is 9.96. The summed E-state index contributed by atoms with van der Waals surface area (Å²) in [6.45, 7) is 5.26. The van der Waals surface area contributed by atoms with E-state index < -0.39 is 27.6 Å². The lowest BCUT2D eigenvalue weighted by atomic mass is 10.2. The first-order valence-electron chi connectivity index (χ1n) is 10.9. The minimum atomic E-state index is -3.80. The molecule has 0 atom stereocenters. The molecule has 2 aromatic carbocycles. The summed E-state index contributed by atoms with van der Waals surface area (Å²) < 4.78 is 33.1. The number of rotatable bonds is 6. The molecule has 2 N–H and O–H groups in total. The maximum absolute atomic E-state index is 13.0. The standard InChI is InChI=1S/C25H24N4O5S2/c1-25(2,3)34-24(31)28-20-7-5-4-6-19(20)27-23(30)11-8-17-12-13-29(15-17)36(32,33)18-9-10-21-22(14-18)35-16-26-21/h4-16H,1-3H3,(H,27,30)(H,28,31). The number of para-hydroxylation sites is 2. The van der Waals surface area contributed by atoms with E-state index in [9.17, 15) is 18.0 Å². The van der Waals surface area contributed by atoms with E-state index in [-0.39, 0.29) is 4.90 Å². The van der Waals surface area contributed by atoms with E-state index in [0.29, 0.717) is 16.9 Å². The summed E-state index contributed by atoms with van der Waals surface area (Å²) in [6, 6.07) is 13.1. The maximum atomic E-state index is 13.0. The van der Waals surface area contributed by atoms with Crippen LogP contribution < -0.4 is 10.6 Å². The molecule has 0 aliphatic rings. The van der Waals surface area contributed by atoms with Crippen LogP contribution in [0.3, 0.4) is 0 Å². The average molecular weight is 525 g/mol. The Labute approximate surface area is 212 Å². The van der Waals surface area contributed by atoms with Crippen LogP contribution >= 0.6 is 11.3 Å². The molecule has 0 unspecified atom stereocenters. The molecular formula is C25H24N4O5S2. The number of carbonyl (C=O) groups is 2. The Morgan fingerprint density at radius 2 is 1.78 bits per heavy atom. The van der Waals surface area contributed by atoms with Crippen LogP contribution in [0.15, 0.2) is 77.4 Å². The number of aromatic nitrogens is 2.